The maximum atomic E-state index is 11.7. The molecule has 1 fully saturated rings. The lowest BCUT2D eigenvalue weighted by atomic mass is 10.0. The van der Waals surface area contributed by atoms with Crippen molar-refractivity contribution in [3.8, 4) is 5.75 Å². The van der Waals surface area contributed by atoms with E-state index in [0.29, 0.717) is 6.61 Å². The predicted molar refractivity (Wildman–Crippen MR) is 77.9 cm³/mol. The largest absolute Gasteiger partial charge is 0.492 e. The number of aryl methyl sites for hydroxylation is 1. The van der Waals surface area contributed by atoms with Crippen molar-refractivity contribution in [2.24, 2.45) is 0 Å². The van der Waals surface area contributed by atoms with Gasteiger partial charge in [0.1, 0.15) is 18.4 Å². The lowest BCUT2D eigenvalue weighted by Gasteiger charge is -2.33. The number of piperidine rings is 1. The van der Waals surface area contributed by atoms with E-state index in [1.54, 1.807) is 0 Å². The molecule has 1 saturated heterocycles. The number of likely N-dealkylation sites (tertiary alicyclic amines) is 1. The van der Waals surface area contributed by atoms with Crippen LogP contribution < -0.4 is 4.74 Å². The van der Waals surface area contributed by atoms with Gasteiger partial charge in [0.25, 0.3) is 0 Å². The first-order valence-corrected chi connectivity index (χ1v) is 7.22. The molecular weight excluding hydrogens is 254 g/mol. The van der Waals surface area contributed by atoms with Crippen molar-refractivity contribution in [2.75, 3.05) is 26.8 Å². The average Bonchev–Trinajstić information content (AvgIpc) is 2.49. The zero-order valence-electron chi connectivity index (χ0n) is 12.3. The Morgan fingerprint density at radius 2 is 2.05 bits per heavy atom. The summed E-state index contributed by atoms with van der Waals surface area (Å²) in [6, 6.07) is 7.92. The Kier molecular flexibility index (Phi) is 5.41. The van der Waals surface area contributed by atoms with Crippen LogP contribution in [0.1, 0.15) is 24.8 Å². The standard InChI is InChI=1S/C16H23NO3/c1-13-6-8-14(9-7-13)20-12-11-17-10-4-3-5-15(17)16(18)19-2/h6-9,15H,3-5,10-12H2,1-2H3. The summed E-state index contributed by atoms with van der Waals surface area (Å²) in [5, 5.41) is 0. The average molecular weight is 277 g/mol. The first-order valence-electron chi connectivity index (χ1n) is 7.22. The molecule has 1 heterocycles. The fourth-order valence-electron chi connectivity index (χ4n) is 2.58. The zero-order chi connectivity index (χ0) is 14.4. The summed E-state index contributed by atoms with van der Waals surface area (Å²) < 4.78 is 10.6. The second-order valence-electron chi connectivity index (χ2n) is 5.23. The third kappa shape index (κ3) is 3.97. The molecule has 2 rings (SSSR count). The number of benzene rings is 1. The van der Waals surface area contributed by atoms with Gasteiger partial charge in [0.2, 0.25) is 0 Å². The molecule has 4 heteroatoms. The minimum Gasteiger partial charge on any atom is -0.492 e. The summed E-state index contributed by atoms with van der Waals surface area (Å²) in [4.78, 5) is 13.9. The molecule has 1 aliphatic heterocycles. The fraction of sp³-hybridized carbons (Fsp3) is 0.562. The first-order chi connectivity index (χ1) is 9.70. The van der Waals surface area contributed by atoms with Crippen molar-refractivity contribution in [3.63, 3.8) is 0 Å². The molecule has 0 N–H and O–H groups in total. The van der Waals surface area contributed by atoms with Crippen LogP contribution in [0.25, 0.3) is 0 Å². The fourth-order valence-corrected chi connectivity index (χ4v) is 2.58. The number of rotatable bonds is 5. The molecular formula is C16H23NO3. The van der Waals surface area contributed by atoms with Gasteiger partial charge in [-0.25, -0.2) is 0 Å². The minimum atomic E-state index is -0.125. The molecule has 1 unspecified atom stereocenters. The maximum Gasteiger partial charge on any atom is 0.323 e. The summed E-state index contributed by atoms with van der Waals surface area (Å²) in [6.45, 7) is 4.35. The number of carbonyl (C=O) groups excluding carboxylic acids is 1. The highest BCUT2D eigenvalue weighted by Crippen LogP contribution is 2.18. The molecule has 110 valence electrons. The highest BCUT2D eigenvalue weighted by molar-refractivity contribution is 5.75. The highest BCUT2D eigenvalue weighted by Gasteiger charge is 2.28. The Hall–Kier alpha value is -1.55. The van der Waals surface area contributed by atoms with Crippen molar-refractivity contribution < 1.29 is 14.3 Å². The summed E-state index contributed by atoms with van der Waals surface area (Å²) in [5.41, 5.74) is 1.22. The Morgan fingerprint density at radius 1 is 1.30 bits per heavy atom. The highest BCUT2D eigenvalue weighted by atomic mass is 16.5. The smallest absolute Gasteiger partial charge is 0.323 e. The summed E-state index contributed by atoms with van der Waals surface area (Å²) in [6.07, 6.45) is 3.12. The third-order valence-electron chi connectivity index (χ3n) is 3.76. The molecule has 0 radical (unpaired) electrons. The molecule has 0 aliphatic carbocycles. The Labute approximate surface area is 120 Å². The van der Waals surface area contributed by atoms with Crippen molar-refractivity contribution in [3.05, 3.63) is 29.8 Å². The number of nitrogens with zero attached hydrogens (tertiary/aromatic N) is 1. The van der Waals surface area contributed by atoms with Crippen molar-refractivity contribution in [1.29, 1.82) is 0 Å². The van der Waals surface area contributed by atoms with Crippen molar-refractivity contribution in [1.82, 2.24) is 4.90 Å². The molecule has 0 bridgehead atoms. The van der Waals surface area contributed by atoms with Gasteiger partial charge in [-0.2, -0.15) is 0 Å². The number of hydrogen-bond donors (Lipinski definition) is 0. The van der Waals surface area contributed by atoms with Gasteiger partial charge in [-0.15, -0.1) is 0 Å². The van der Waals surface area contributed by atoms with Crippen LogP contribution in [-0.2, 0) is 9.53 Å². The molecule has 1 atom stereocenters. The number of hydrogen-bond acceptors (Lipinski definition) is 4. The van der Waals surface area contributed by atoms with Crippen LogP contribution >= 0.6 is 0 Å². The van der Waals surface area contributed by atoms with E-state index >= 15 is 0 Å². The number of ether oxygens (including phenoxy) is 2. The lowest BCUT2D eigenvalue weighted by Crippen LogP contribution is -2.46. The number of esters is 1. The van der Waals surface area contributed by atoms with E-state index in [1.165, 1.54) is 12.7 Å². The Balaban J connectivity index is 1.82. The quantitative estimate of drug-likeness (QED) is 0.775. The number of carbonyl (C=O) groups is 1. The topological polar surface area (TPSA) is 38.8 Å². The van der Waals surface area contributed by atoms with Gasteiger partial charge in [0.05, 0.1) is 7.11 Å². The van der Waals surface area contributed by atoms with E-state index in [1.807, 2.05) is 24.3 Å². The van der Waals surface area contributed by atoms with Crippen LogP contribution in [0, 0.1) is 6.92 Å². The van der Waals surface area contributed by atoms with Crippen LogP contribution in [0.4, 0.5) is 0 Å². The van der Waals surface area contributed by atoms with Crippen LogP contribution in [0.5, 0.6) is 5.75 Å². The molecule has 20 heavy (non-hydrogen) atoms. The van der Waals surface area contributed by atoms with E-state index < -0.39 is 0 Å². The van der Waals surface area contributed by atoms with E-state index in [-0.39, 0.29) is 12.0 Å². The van der Waals surface area contributed by atoms with E-state index in [9.17, 15) is 4.79 Å². The van der Waals surface area contributed by atoms with Crippen molar-refractivity contribution >= 4 is 5.97 Å². The van der Waals surface area contributed by atoms with E-state index in [4.69, 9.17) is 9.47 Å². The molecule has 0 saturated carbocycles. The molecule has 1 aliphatic rings. The van der Waals surface area contributed by atoms with Gasteiger partial charge in [-0.05, 0) is 38.4 Å². The third-order valence-corrected chi connectivity index (χ3v) is 3.76. The SMILES string of the molecule is COC(=O)C1CCCCN1CCOc1ccc(C)cc1. The predicted octanol–water partition coefficient (Wildman–Crippen LogP) is 2.40. The Bertz CT molecular complexity index is 430. The van der Waals surface area contributed by atoms with Crippen molar-refractivity contribution in [2.45, 2.75) is 32.2 Å². The second kappa shape index (κ2) is 7.29. The van der Waals surface area contributed by atoms with Crippen LogP contribution in [0.15, 0.2) is 24.3 Å². The summed E-state index contributed by atoms with van der Waals surface area (Å²) in [7, 11) is 1.46. The van der Waals surface area contributed by atoms with E-state index in [0.717, 1.165) is 38.1 Å². The minimum absolute atomic E-state index is 0.102. The number of methoxy groups -OCH3 is 1. The monoisotopic (exact) mass is 277 g/mol. The van der Waals surface area contributed by atoms with Gasteiger partial charge in [-0.1, -0.05) is 24.1 Å². The van der Waals surface area contributed by atoms with Gasteiger partial charge >= 0.3 is 5.97 Å². The summed E-state index contributed by atoms with van der Waals surface area (Å²) in [5.74, 6) is 0.752. The lowest BCUT2D eigenvalue weighted by molar-refractivity contribution is -0.148. The maximum absolute atomic E-state index is 11.7. The second-order valence-corrected chi connectivity index (χ2v) is 5.23. The van der Waals surface area contributed by atoms with Crippen LogP contribution in [0.3, 0.4) is 0 Å². The van der Waals surface area contributed by atoms with Gasteiger partial charge in [0.15, 0.2) is 0 Å². The molecule has 0 spiro atoms. The normalized spacial score (nSPS) is 19.6. The van der Waals surface area contributed by atoms with E-state index in [2.05, 4.69) is 11.8 Å². The molecule has 0 amide bonds. The van der Waals surface area contributed by atoms with Gasteiger partial charge in [0, 0.05) is 6.54 Å². The Morgan fingerprint density at radius 3 is 2.75 bits per heavy atom. The summed E-state index contributed by atoms with van der Waals surface area (Å²) >= 11 is 0. The van der Waals surface area contributed by atoms with Crippen LogP contribution in [-0.4, -0.2) is 43.7 Å². The van der Waals surface area contributed by atoms with Crippen LogP contribution in [0.2, 0.25) is 0 Å². The molecule has 0 aromatic heterocycles. The molecule has 4 nitrogen and oxygen atoms in total. The van der Waals surface area contributed by atoms with Gasteiger partial charge < -0.3 is 9.47 Å². The van der Waals surface area contributed by atoms with Gasteiger partial charge in [-0.3, -0.25) is 9.69 Å². The molecule has 1 aromatic carbocycles. The zero-order valence-corrected chi connectivity index (χ0v) is 12.3. The first kappa shape index (κ1) is 14.9. The molecule has 1 aromatic rings.